The van der Waals surface area contributed by atoms with Gasteiger partial charge in [-0.1, -0.05) is 17.7 Å². The summed E-state index contributed by atoms with van der Waals surface area (Å²) in [5.74, 6) is 0.492. The summed E-state index contributed by atoms with van der Waals surface area (Å²) >= 11 is 6.13. The molecule has 0 bridgehead atoms. The van der Waals surface area contributed by atoms with Crippen molar-refractivity contribution in [1.29, 1.82) is 0 Å². The molecule has 0 aliphatic rings. The van der Waals surface area contributed by atoms with E-state index in [0.29, 0.717) is 17.3 Å². The van der Waals surface area contributed by atoms with Gasteiger partial charge in [0, 0.05) is 18.3 Å². The molecule has 0 heterocycles. The summed E-state index contributed by atoms with van der Waals surface area (Å²) in [5, 5.41) is 3.86. The van der Waals surface area contributed by atoms with Gasteiger partial charge < -0.3 is 10.1 Å². The Balaban J connectivity index is 2.59. The van der Waals surface area contributed by atoms with Crippen LogP contribution in [0.1, 0.15) is 26.3 Å². The summed E-state index contributed by atoms with van der Waals surface area (Å²) in [6, 6.07) is 5.51. The number of ether oxygens (including phenoxy) is 1. The number of benzene rings is 1. The Bertz CT molecular complexity index is 550. The minimum Gasteiger partial charge on any atom is -0.491 e. The summed E-state index contributed by atoms with van der Waals surface area (Å²) in [6.07, 6.45) is 1.18. The maximum Gasteiger partial charge on any atom is 0.150 e. The largest absolute Gasteiger partial charge is 0.491 e. The smallest absolute Gasteiger partial charge is 0.150 e. The van der Waals surface area contributed by atoms with Crippen LogP contribution in [0.3, 0.4) is 0 Å². The molecule has 20 heavy (non-hydrogen) atoms. The van der Waals surface area contributed by atoms with E-state index < -0.39 is 9.84 Å². The van der Waals surface area contributed by atoms with E-state index in [1.54, 1.807) is 6.07 Å². The van der Waals surface area contributed by atoms with Crippen molar-refractivity contribution in [3.8, 4) is 5.75 Å². The van der Waals surface area contributed by atoms with Gasteiger partial charge in [-0.3, -0.25) is 0 Å². The monoisotopic (exact) mass is 319 g/mol. The van der Waals surface area contributed by atoms with Crippen molar-refractivity contribution in [3.63, 3.8) is 0 Å². The molecular weight excluding hydrogens is 298 g/mol. The quantitative estimate of drug-likeness (QED) is 0.876. The molecule has 4 nitrogen and oxygen atoms in total. The lowest BCUT2D eigenvalue weighted by Crippen LogP contribution is -2.35. The van der Waals surface area contributed by atoms with Crippen LogP contribution < -0.4 is 10.1 Å². The average Bonchev–Trinajstić information content (AvgIpc) is 2.26. The number of halogens is 1. The van der Waals surface area contributed by atoms with Gasteiger partial charge in [0.25, 0.3) is 0 Å². The molecule has 0 atom stereocenters. The highest BCUT2D eigenvalue weighted by Crippen LogP contribution is 2.25. The van der Waals surface area contributed by atoms with E-state index in [0.717, 1.165) is 5.56 Å². The second-order valence-electron chi connectivity index (χ2n) is 5.85. The SMILES string of the molecule is CC(C)(C)NCc1ccc(OCCS(C)(=O)=O)c(Cl)c1. The fraction of sp³-hybridized carbons (Fsp3) is 0.571. The van der Waals surface area contributed by atoms with Crippen LogP contribution in [-0.2, 0) is 16.4 Å². The first-order valence-electron chi connectivity index (χ1n) is 6.41. The predicted molar refractivity (Wildman–Crippen MR) is 83.3 cm³/mol. The van der Waals surface area contributed by atoms with Gasteiger partial charge in [-0.15, -0.1) is 0 Å². The summed E-state index contributed by atoms with van der Waals surface area (Å²) in [4.78, 5) is 0. The number of rotatable bonds is 6. The summed E-state index contributed by atoms with van der Waals surface area (Å²) in [7, 11) is -3.02. The molecule has 0 aromatic heterocycles. The molecule has 1 aromatic carbocycles. The van der Waals surface area contributed by atoms with Crippen LogP contribution in [0.2, 0.25) is 5.02 Å². The molecule has 0 saturated heterocycles. The molecule has 1 aromatic rings. The maximum atomic E-state index is 11.0. The predicted octanol–water partition coefficient (Wildman–Crippen LogP) is 2.65. The van der Waals surface area contributed by atoms with E-state index in [4.69, 9.17) is 16.3 Å². The lowest BCUT2D eigenvalue weighted by Gasteiger charge is -2.20. The Hall–Kier alpha value is -0.780. The number of sulfone groups is 1. The normalized spacial score (nSPS) is 12.4. The molecule has 0 aliphatic carbocycles. The van der Waals surface area contributed by atoms with Gasteiger partial charge in [0.2, 0.25) is 0 Å². The van der Waals surface area contributed by atoms with Crippen LogP contribution in [0, 0.1) is 0 Å². The van der Waals surface area contributed by atoms with Gasteiger partial charge in [-0.05, 0) is 38.5 Å². The molecule has 0 unspecified atom stereocenters. The van der Waals surface area contributed by atoms with E-state index in [2.05, 4.69) is 26.1 Å². The number of hydrogen-bond donors (Lipinski definition) is 1. The number of nitrogens with one attached hydrogen (secondary N) is 1. The van der Waals surface area contributed by atoms with E-state index in [-0.39, 0.29) is 17.9 Å². The summed E-state index contributed by atoms with van der Waals surface area (Å²) in [5.41, 5.74) is 1.09. The van der Waals surface area contributed by atoms with Crippen molar-refractivity contribution in [2.45, 2.75) is 32.9 Å². The van der Waals surface area contributed by atoms with Gasteiger partial charge in [0.1, 0.15) is 12.4 Å². The van der Waals surface area contributed by atoms with Crippen molar-refractivity contribution in [3.05, 3.63) is 28.8 Å². The van der Waals surface area contributed by atoms with Crippen molar-refractivity contribution in [2.75, 3.05) is 18.6 Å². The Morgan fingerprint density at radius 2 is 1.95 bits per heavy atom. The van der Waals surface area contributed by atoms with Crippen LogP contribution in [0.5, 0.6) is 5.75 Å². The van der Waals surface area contributed by atoms with Crippen LogP contribution >= 0.6 is 11.6 Å². The molecular formula is C14H22ClNO3S. The van der Waals surface area contributed by atoms with E-state index in [1.807, 2.05) is 12.1 Å². The third-order valence-electron chi connectivity index (χ3n) is 2.53. The lowest BCUT2D eigenvalue weighted by atomic mass is 10.1. The summed E-state index contributed by atoms with van der Waals surface area (Å²) < 4.78 is 27.4. The Kier molecular flexibility index (Phi) is 5.86. The highest BCUT2D eigenvalue weighted by molar-refractivity contribution is 7.90. The molecule has 0 radical (unpaired) electrons. The highest BCUT2D eigenvalue weighted by Gasteiger charge is 2.10. The molecule has 0 aliphatic heterocycles. The van der Waals surface area contributed by atoms with Crippen molar-refractivity contribution in [1.82, 2.24) is 5.32 Å². The standard InChI is InChI=1S/C14H22ClNO3S/c1-14(2,3)16-10-11-5-6-13(12(15)9-11)19-7-8-20(4,17)18/h5-6,9,16H,7-8,10H2,1-4H3. The Morgan fingerprint density at radius 1 is 1.30 bits per heavy atom. The average molecular weight is 320 g/mol. The zero-order valence-corrected chi connectivity index (χ0v) is 13.9. The van der Waals surface area contributed by atoms with E-state index >= 15 is 0 Å². The number of hydrogen-bond acceptors (Lipinski definition) is 4. The fourth-order valence-corrected chi connectivity index (χ4v) is 2.09. The van der Waals surface area contributed by atoms with Crippen LogP contribution in [-0.4, -0.2) is 32.6 Å². The minimum absolute atomic E-state index is 0.0172. The van der Waals surface area contributed by atoms with Crippen LogP contribution in [0.15, 0.2) is 18.2 Å². The summed E-state index contributed by atoms with van der Waals surface area (Å²) in [6.45, 7) is 7.11. The first-order chi connectivity index (χ1) is 9.07. The van der Waals surface area contributed by atoms with Crippen molar-refractivity contribution >= 4 is 21.4 Å². The Morgan fingerprint density at radius 3 is 2.45 bits per heavy atom. The first-order valence-corrected chi connectivity index (χ1v) is 8.85. The topological polar surface area (TPSA) is 55.4 Å². The molecule has 114 valence electrons. The van der Waals surface area contributed by atoms with Gasteiger partial charge in [-0.2, -0.15) is 0 Å². The zero-order chi connectivity index (χ0) is 15.4. The third kappa shape index (κ3) is 7.12. The lowest BCUT2D eigenvalue weighted by molar-refractivity contribution is 0.341. The third-order valence-corrected chi connectivity index (χ3v) is 3.73. The Labute approximate surface area is 126 Å². The fourth-order valence-electron chi connectivity index (χ4n) is 1.44. The molecule has 1 rings (SSSR count). The van der Waals surface area contributed by atoms with Gasteiger partial charge in [0.15, 0.2) is 9.84 Å². The van der Waals surface area contributed by atoms with Crippen LogP contribution in [0.25, 0.3) is 0 Å². The highest BCUT2D eigenvalue weighted by atomic mass is 35.5. The zero-order valence-electron chi connectivity index (χ0n) is 12.4. The molecule has 0 fully saturated rings. The maximum absolute atomic E-state index is 11.0. The molecule has 0 saturated carbocycles. The molecule has 1 N–H and O–H groups in total. The molecule has 0 spiro atoms. The van der Waals surface area contributed by atoms with Gasteiger partial charge >= 0.3 is 0 Å². The first kappa shape index (κ1) is 17.3. The van der Waals surface area contributed by atoms with Gasteiger partial charge in [-0.25, -0.2) is 8.42 Å². The van der Waals surface area contributed by atoms with Crippen molar-refractivity contribution < 1.29 is 13.2 Å². The second-order valence-corrected chi connectivity index (χ2v) is 8.51. The second kappa shape index (κ2) is 6.78. The molecule has 0 amide bonds. The van der Waals surface area contributed by atoms with Crippen molar-refractivity contribution in [2.24, 2.45) is 0 Å². The van der Waals surface area contributed by atoms with E-state index in [1.165, 1.54) is 6.26 Å². The van der Waals surface area contributed by atoms with Gasteiger partial charge in [0.05, 0.1) is 10.8 Å². The minimum atomic E-state index is -3.02. The van der Waals surface area contributed by atoms with E-state index in [9.17, 15) is 8.42 Å². The molecule has 6 heteroatoms. The van der Waals surface area contributed by atoms with Crippen LogP contribution in [0.4, 0.5) is 0 Å².